The first-order valence-corrected chi connectivity index (χ1v) is 3.22. The highest BCUT2D eigenvalue weighted by molar-refractivity contribution is 9.11. The van der Waals surface area contributed by atoms with Gasteiger partial charge < -0.3 is 16.8 Å². The van der Waals surface area contributed by atoms with Crippen molar-refractivity contribution < 1.29 is 0 Å². The maximum Gasteiger partial charge on any atom is 0.0958 e. The highest BCUT2D eigenvalue weighted by Crippen LogP contribution is 1.93. The molecule has 0 unspecified atom stereocenters. The zero-order valence-electron chi connectivity index (χ0n) is 5.19. The van der Waals surface area contributed by atoms with Crippen LogP contribution >= 0.6 is 15.9 Å². The van der Waals surface area contributed by atoms with Crippen molar-refractivity contribution >= 4 is 15.9 Å². The van der Waals surface area contributed by atoms with Gasteiger partial charge in [0.15, 0.2) is 0 Å². The highest BCUT2D eigenvalue weighted by atomic mass is 79.9. The zero-order valence-corrected chi connectivity index (χ0v) is 6.77. The third kappa shape index (κ3) is 5.23. The fourth-order valence-electron chi connectivity index (χ4n) is 0.253. The molecule has 5 N–H and O–H groups in total. The van der Waals surface area contributed by atoms with Crippen LogP contribution in [0.25, 0.3) is 0 Å². The van der Waals surface area contributed by atoms with E-state index in [1.54, 1.807) is 19.2 Å². The maximum atomic E-state index is 5.35. The van der Waals surface area contributed by atoms with Crippen LogP contribution in [0, 0.1) is 0 Å². The minimum atomic E-state index is 0.556. The fourth-order valence-corrected chi connectivity index (χ4v) is 0.385. The first kappa shape index (κ1) is 8.36. The summed E-state index contributed by atoms with van der Waals surface area (Å²) >= 11 is 3.04. The van der Waals surface area contributed by atoms with E-state index in [-0.39, 0.29) is 0 Å². The Balaban J connectivity index is 3.83. The van der Waals surface area contributed by atoms with Crippen molar-refractivity contribution in [2.75, 3.05) is 7.05 Å². The predicted molar refractivity (Wildman–Crippen MR) is 42.5 cm³/mol. The van der Waals surface area contributed by atoms with Crippen LogP contribution in [0.15, 0.2) is 22.6 Å². The van der Waals surface area contributed by atoms with Gasteiger partial charge in [-0.3, -0.25) is 0 Å². The SMILES string of the molecule is CN/C(N)=C/C=C(\N)Br. The van der Waals surface area contributed by atoms with E-state index in [4.69, 9.17) is 11.5 Å². The van der Waals surface area contributed by atoms with E-state index in [1.807, 2.05) is 0 Å². The molecule has 0 spiro atoms. The monoisotopic (exact) mass is 191 g/mol. The summed E-state index contributed by atoms with van der Waals surface area (Å²) in [6.45, 7) is 0. The summed E-state index contributed by atoms with van der Waals surface area (Å²) in [6.07, 6.45) is 3.33. The number of hydrogen-bond acceptors (Lipinski definition) is 3. The number of allylic oxidation sites excluding steroid dienone is 2. The van der Waals surface area contributed by atoms with Crippen LogP contribution in [0.4, 0.5) is 0 Å². The topological polar surface area (TPSA) is 64.1 Å². The molecule has 0 amide bonds. The quantitative estimate of drug-likeness (QED) is 0.432. The van der Waals surface area contributed by atoms with Crippen molar-refractivity contribution in [2.24, 2.45) is 11.5 Å². The molecule has 0 aliphatic heterocycles. The van der Waals surface area contributed by atoms with Crippen LogP contribution in [0.1, 0.15) is 0 Å². The molecule has 0 bridgehead atoms. The lowest BCUT2D eigenvalue weighted by Gasteiger charge is -1.94. The summed E-state index contributed by atoms with van der Waals surface area (Å²) in [5.74, 6) is 0.581. The zero-order chi connectivity index (χ0) is 7.28. The molecule has 0 aliphatic rings. The molecule has 0 radical (unpaired) electrons. The third-order valence-electron chi connectivity index (χ3n) is 0.711. The predicted octanol–water partition coefficient (Wildman–Crippen LogP) is 0.201. The van der Waals surface area contributed by atoms with Gasteiger partial charge in [0.1, 0.15) is 0 Å². The second-order valence-electron chi connectivity index (χ2n) is 1.42. The standard InChI is InChI=1S/C5H10BrN3/c1-9-5(8)3-2-4(6)7/h2-3,9H,7-8H2,1H3/b4-2-,5-3+. The average Bonchev–Trinajstić information content (AvgIpc) is 1.83. The summed E-state index contributed by atoms with van der Waals surface area (Å²) in [5.41, 5.74) is 10.6. The Morgan fingerprint density at radius 3 is 2.33 bits per heavy atom. The number of nitrogens with one attached hydrogen (secondary N) is 1. The van der Waals surface area contributed by atoms with E-state index in [1.165, 1.54) is 0 Å². The molecule has 0 fully saturated rings. The normalized spacial score (nSPS) is 13.6. The lowest BCUT2D eigenvalue weighted by Crippen LogP contribution is -2.13. The van der Waals surface area contributed by atoms with E-state index in [2.05, 4.69) is 21.2 Å². The van der Waals surface area contributed by atoms with Gasteiger partial charge in [-0.1, -0.05) is 0 Å². The van der Waals surface area contributed by atoms with Gasteiger partial charge in [0.2, 0.25) is 0 Å². The Labute approximate surface area is 62.9 Å². The van der Waals surface area contributed by atoms with E-state index in [9.17, 15) is 0 Å². The van der Waals surface area contributed by atoms with Crippen molar-refractivity contribution in [3.05, 3.63) is 22.6 Å². The van der Waals surface area contributed by atoms with Crippen LogP contribution < -0.4 is 16.8 Å². The van der Waals surface area contributed by atoms with E-state index >= 15 is 0 Å². The lowest BCUT2D eigenvalue weighted by atomic mass is 10.5. The molecule has 9 heavy (non-hydrogen) atoms. The summed E-state index contributed by atoms with van der Waals surface area (Å²) in [6, 6.07) is 0. The summed E-state index contributed by atoms with van der Waals surface area (Å²) in [5, 5.41) is 2.74. The number of halogens is 1. The minimum Gasteiger partial charge on any atom is -0.393 e. The molecular formula is C5H10BrN3. The van der Waals surface area contributed by atoms with E-state index in [0.717, 1.165) is 0 Å². The number of hydrogen-bond donors (Lipinski definition) is 3. The smallest absolute Gasteiger partial charge is 0.0958 e. The summed E-state index contributed by atoms with van der Waals surface area (Å²) < 4.78 is 0.556. The molecule has 0 aliphatic carbocycles. The van der Waals surface area contributed by atoms with Crippen molar-refractivity contribution in [3.63, 3.8) is 0 Å². The maximum absolute atomic E-state index is 5.35. The van der Waals surface area contributed by atoms with Gasteiger partial charge in [0.25, 0.3) is 0 Å². The van der Waals surface area contributed by atoms with Crippen molar-refractivity contribution in [1.82, 2.24) is 5.32 Å². The Bertz CT molecular complexity index is 135. The lowest BCUT2D eigenvalue weighted by molar-refractivity contribution is 0.965. The fraction of sp³-hybridized carbons (Fsp3) is 0.200. The average molecular weight is 192 g/mol. The van der Waals surface area contributed by atoms with Gasteiger partial charge in [-0.15, -0.1) is 0 Å². The molecule has 0 atom stereocenters. The van der Waals surface area contributed by atoms with Crippen LogP contribution in [-0.4, -0.2) is 7.05 Å². The first-order valence-electron chi connectivity index (χ1n) is 2.43. The number of nitrogens with two attached hydrogens (primary N) is 2. The second kappa shape index (κ2) is 4.26. The summed E-state index contributed by atoms with van der Waals surface area (Å²) in [4.78, 5) is 0. The van der Waals surface area contributed by atoms with Crippen molar-refractivity contribution in [2.45, 2.75) is 0 Å². The Morgan fingerprint density at radius 1 is 1.44 bits per heavy atom. The number of rotatable bonds is 2. The van der Waals surface area contributed by atoms with Crippen LogP contribution in [0.2, 0.25) is 0 Å². The molecule has 0 heterocycles. The molecule has 0 aromatic carbocycles. The largest absolute Gasteiger partial charge is 0.393 e. The van der Waals surface area contributed by atoms with Crippen LogP contribution in [-0.2, 0) is 0 Å². The molecular weight excluding hydrogens is 182 g/mol. The molecule has 4 heteroatoms. The highest BCUT2D eigenvalue weighted by Gasteiger charge is 1.78. The van der Waals surface area contributed by atoms with Crippen molar-refractivity contribution in [1.29, 1.82) is 0 Å². The molecule has 0 rings (SSSR count). The van der Waals surface area contributed by atoms with Gasteiger partial charge in [0, 0.05) is 7.05 Å². The molecule has 52 valence electrons. The molecule has 0 saturated carbocycles. The van der Waals surface area contributed by atoms with Crippen LogP contribution in [0.3, 0.4) is 0 Å². The Hall–Kier alpha value is -0.640. The minimum absolute atomic E-state index is 0.556. The molecule has 3 nitrogen and oxygen atoms in total. The molecule has 0 aromatic rings. The van der Waals surface area contributed by atoms with Crippen LogP contribution in [0.5, 0.6) is 0 Å². The van der Waals surface area contributed by atoms with Gasteiger partial charge in [-0.25, -0.2) is 0 Å². The van der Waals surface area contributed by atoms with Gasteiger partial charge in [0.05, 0.1) is 10.4 Å². The first-order chi connectivity index (χ1) is 4.16. The van der Waals surface area contributed by atoms with Gasteiger partial charge >= 0.3 is 0 Å². The third-order valence-corrected chi connectivity index (χ3v) is 0.975. The van der Waals surface area contributed by atoms with E-state index in [0.29, 0.717) is 10.4 Å². The Kier molecular flexibility index (Phi) is 3.96. The van der Waals surface area contributed by atoms with Crippen molar-refractivity contribution in [3.8, 4) is 0 Å². The van der Waals surface area contributed by atoms with Gasteiger partial charge in [-0.2, -0.15) is 0 Å². The second-order valence-corrected chi connectivity index (χ2v) is 2.34. The Morgan fingerprint density at radius 2 is 2.00 bits per heavy atom. The van der Waals surface area contributed by atoms with Gasteiger partial charge in [-0.05, 0) is 28.1 Å². The molecule has 0 aromatic heterocycles. The molecule has 0 saturated heterocycles. The van der Waals surface area contributed by atoms with E-state index < -0.39 is 0 Å². The summed E-state index contributed by atoms with van der Waals surface area (Å²) in [7, 11) is 1.74.